The molecule has 0 N–H and O–H groups in total. The van der Waals surface area contributed by atoms with Crippen LogP contribution in [0, 0.1) is 0 Å². The Bertz CT molecular complexity index is 819. The number of carbonyl (C=O) groups is 2. The average molecular weight is 455 g/mol. The molecule has 0 bridgehead atoms. The van der Waals surface area contributed by atoms with Crippen LogP contribution in [0.4, 0.5) is 4.79 Å². The number of carbonyl (C=O) groups excluding carboxylic acids is 2. The Labute approximate surface area is 188 Å². The summed E-state index contributed by atoms with van der Waals surface area (Å²) in [5.74, 6) is -0.0360. The Morgan fingerprint density at radius 3 is 2.58 bits per heavy atom. The molecule has 0 unspecified atom stereocenters. The fraction of sp³-hybridized carbons (Fsp3) is 0.682. The summed E-state index contributed by atoms with van der Waals surface area (Å²) in [5.41, 5.74) is 0.0456. The van der Waals surface area contributed by atoms with Gasteiger partial charge in [0.25, 0.3) is 0 Å². The van der Waals surface area contributed by atoms with Crippen LogP contribution in [-0.2, 0) is 24.4 Å². The quantitative estimate of drug-likeness (QED) is 0.640. The van der Waals surface area contributed by atoms with Gasteiger partial charge in [0.05, 0.1) is 18.7 Å². The number of halogens is 1. The minimum absolute atomic E-state index is 0.184. The molecule has 0 saturated carbocycles. The van der Waals surface area contributed by atoms with Crippen LogP contribution in [0.5, 0.6) is 5.88 Å². The van der Waals surface area contributed by atoms with E-state index in [-0.39, 0.29) is 18.4 Å². The highest BCUT2D eigenvalue weighted by Gasteiger charge is 2.44. The summed E-state index contributed by atoms with van der Waals surface area (Å²) in [5, 5.41) is 0.532. The van der Waals surface area contributed by atoms with Gasteiger partial charge in [0, 0.05) is 36.8 Å². The number of nitrogens with zero attached hydrogens (tertiary/aromatic N) is 2. The first kappa shape index (κ1) is 23.6. The van der Waals surface area contributed by atoms with E-state index < -0.39 is 29.8 Å². The molecule has 31 heavy (non-hydrogen) atoms. The van der Waals surface area contributed by atoms with E-state index in [1.165, 1.54) is 12.0 Å². The first-order valence-electron chi connectivity index (χ1n) is 10.5. The average Bonchev–Trinajstić information content (AvgIpc) is 3.12. The molecule has 172 valence electrons. The van der Waals surface area contributed by atoms with E-state index in [1.807, 2.05) is 6.07 Å². The van der Waals surface area contributed by atoms with Gasteiger partial charge in [-0.15, -0.1) is 0 Å². The molecule has 1 aromatic heterocycles. The van der Waals surface area contributed by atoms with Crippen molar-refractivity contribution in [2.75, 3.05) is 26.9 Å². The van der Waals surface area contributed by atoms with Gasteiger partial charge < -0.3 is 18.9 Å². The highest BCUT2D eigenvalue weighted by molar-refractivity contribution is 6.30. The first-order chi connectivity index (χ1) is 14.5. The number of rotatable bonds is 4. The summed E-state index contributed by atoms with van der Waals surface area (Å²) >= 11 is 6.24. The molecule has 2 fully saturated rings. The Morgan fingerprint density at radius 2 is 1.97 bits per heavy atom. The number of pyridine rings is 1. The molecule has 3 rings (SSSR count). The largest absolute Gasteiger partial charge is 0.472 e. The molecule has 1 aromatic rings. The second-order valence-corrected chi connectivity index (χ2v) is 9.76. The van der Waals surface area contributed by atoms with Gasteiger partial charge in [0.1, 0.15) is 17.7 Å². The van der Waals surface area contributed by atoms with E-state index in [4.69, 9.17) is 30.5 Å². The Morgan fingerprint density at radius 1 is 1.29 bits per heavy atom. The molecule has 9 heteroatoms. The molecule has 2 aliphatic heterocycles. The summed E-state index contributed by atoms with van der Waals surface area (Å²) in [6, 6.07) is 1.10. The third-order valence-electron chi connectivity index (χ3n) is 5.71. The topological polar surface area (TPSA) is 87.2 Å². The minimum Gasteiger partial charge on any atom is -0.472 e. The Kier molecular flexibility index (Phi) is 7.01. The van der Waals surface area contributed by atoms with E-state index in [0.717, 1.165) is 18.4 Å². The van der Waals surface area contributed by atoms with Crippen LogP contribution in [0.3, 0.4) is 0 Å². The molecule has 0 radical (unpaired) electrons. The smallest absolute Gasteiger partial charge is 0.411 e. The lowest BCUT2D eigenvalue weighted by molar-refractivity contribution is -0.145. The molecule has 0 spiro atoms. The zero-order chi connectivity index (χ0) is 22.8. The number of esters is 1. The summed E-state index contributed by atoms with van der Waals surface area (Å²) < 4.78 is 22.1. The molecule has 2 aliphatic rings. The van der Waals surface area contributed by atoms with Gasteiger partial charge in [-0.3, -0.25) is 4.90 Å². The number of likely N-dealkylation sites (tertiary alicyclic amines) is 1. The van der Waals surface area contributed by atoms with Gasteiger partial charge in [-0.1, -0.05) is 18.5 Å². The van der Waals surface area contributed by atoms with E-state index in [2.05, 4.69) is 11.9 Å². The molecule has 2 atom stereocenters. The van der Waals surface area contributed by atoms with Crippen molar-refractivity contribution in [2.24, 2.45) is 0 Å². The molecule has 8 nitrogen and oxygen atoms in total. The third kappa shape index (κ3) is 5.60. The molecule has 2 saturated heterocycles. The standard InChI is InChI=1S/C22H31ClN2O6/c1-21(2,3)31-20(27)25-13-15(11-17(25)19(26)28-5)30-18-16(10-14(23)12-24-18)22(4)6-8-29-9-7-22/h10,12,15,17H,6-9,11,13H2,1-5H3/t15-,17-/m0/s1. The number of ether oxygens (including phenoxy) is 4. The lowest BCUT2D eigenvalue weighted by Crippen LogP contribution is -2.44. The lowest BCUT2D eigenvalue weighted by Gasteiger charge is -2.35. The number of hydrogen-bond acceptors (Lipinski definition) is 7. The van der Waals surface area contributed by atoms with Gasteiger partial charge in [0.2, 0.25) is 5.88 Å². The second kappa shape index (κ2) is 9.20. The third-order valence-corrected chi connectivity index (χ3v) is 5.91. The van der Waals surface area contributed by atoms with Crippen LogP contribution in [0.2, 0.25) is 5.02 Å². The summed E-state index contributed by atoms with van der Waals surface area (Å²) in [7, 11) is 1.30. The molecular weight excluding hydrogens is 424 g/mol. The van der Waals surface area contributed by atoms with Gasteiger partial charge in [-0.05, 0) is 39.7 Å². The van der Waals surface area contributed by atoms with Crippen molar-refractivity contribution in [2.45, 2.75) is 70.1 Å². The second-order valence-electron chi connectivity index (χ2n) is 9.33. The van der Waals surface area contributed by atoms with Crippen molar-refractivity contribution >= 4 is 23.7 Å². The maximum absolute atomic E-state index is 12.7. The number of aromatic nitrogens is 1. The predicted molar refractivity (Wildman–Crippen MR) is 114 cm³/mol. The number of hydrogen-bond donors (Lipinski definition) is 0. The summed E-state index contributed by atoms with van der Waals surface area (Å²) in [4.78, 5) is 30.8. The van der Waals surface area contributed by atoms with Crippen molar-refractivity contribution in [3.05, 3.63) is 22.8 Å². The van der Waals surface area contributed by atoms with E-state index in [9.17, 15) is 9.59 Å². The van der Waals surface area contributed by atoms with Gasteiger partial charge in [-0.25, -0.2) is 14.6 Å². The Balaban J connectivity index is 1.83. The van der Waals surface area contributed by atoms with Gasteiger partial charge >= 0.3 is 12.1 Å². The van der Waals surface area contributed by atoms with Gasteiger partial charge in [0.15, 0.2) is 0 Å². The van der Waals surface area contributed by atoms with E-state index in [1.54, 1.807) is 27.0 Å². The van der Waals surface area contributed by atoms with Crippen LogP contribution in [0.1, 0.15) is 52.5 Å². The molecule has 3 heterocycles. The normalized spacial score (nSPS) is 23.4. The van der Waals surface area contributed by atoms with Crippen LogP contribution in [0.15, 0.2) is 12.3 Å². The van der Waals surface area contributed by atoms with Crippen LogP contribution in [0.25, 0.3) is 0 Å². The minimum atomic E-state index is -0.778. The molecule has 0 aromatic carbocycles. The van der Waals surface area contributed by atoms with Crippen molar-refractivity contribution in [3.8, 4) is 5.88 Å². The van der Waals surface area contributed by atoms with Crippen LogP contribution in [-0.4, -0.2) is 66.6 Å². The number of methoxy groups -OCH3 is 1. The lowest BCUT2D eigenvalue weighted by atomic mass is 9.76. The van der Waals surface area contributed by atoms with E-state index >= 15 is 0 Å². The molecule has 1 amide bonds. The summed E-state index contributed by atoms with van der Waals surface area (Å²) in [6.07, 6.45) is 2.47. The highest BCUT2D eigenvalue weighted by Crippen LogP contribution is 2.40. The van der Waals surface area contributed by atoms with Gasteiger partial charge in [-0.2, -0.15) is 0 Å². The molecular formula is C22H31ClN2O6. The van der Waals surface area contributed by atoms with Crippen LogP contribution < -0.4 is 4.74 Å². The highest BCUT2D eigenvalue weighted by atomic mass is 35.5. The SMILES string of the molecule is COC(=O)[C@@H]1C[C@H](Oc2ncc(Cl)cc2C2(C)CCOCC2)CN1C(=O)OC(C)(C)C. The predicted octanol–water partition coefficient (Wildman–Crippen LogP) is 3.73. The Hall–Kier alpha value is -2.06. The summed E-state index contributed by atoms with van der Waals surface area (Å²) in [6.45, 7) is 8.99. The molecule has 0 aliphatic carbocycles. The van der Waals surface area contributed by atoms with Crippen molar-refractivity contribution in [1.82, 2.24) is 9.88 Å². The van der Waals surface area contributed by atoms with Crippen molar-refractivity contribution < 1.29 is 28.5 Å². The first-order valence-corrected chi connectivity index (χ1v) is 10.9. The number of amides is 1. The van der Waals surface area contributed by atoms with Crippen LogP contribution >= 0.6 is 11.6 Å². The maximum atomic E-state index is 12.7. The van der Waals surface area contributed by atoms with Crippen molar-refractivity contribution in [1.29, 1.82) is 0 Å². The maximum Gasteiger partial charge on any atom is 0.411 e. The fourth-order valence-corrected chi connectivity index (χ4v) is 4.12. The monoisotopic (exact) mass is 454 g/mol. The zero-order valence-electron chi connectivity index (χ0n) is 18.8. The van der Waals surface area contributed by atoms with Crippen molar-refractivity contribution in [3.63, 3.8) is 0 Å². The van der Waals surface area contributed by atoms with E-state index in [0.29, 0.717) is 24.1 Å². The zero-order valence-corrected chi connectivity index (χ0v) is 19.5. The fourth-order valence-electron chi connectivity index (χ4n) is 3.97.